The summed E-state index contributed by atoms with van der Waals surface area (Å²) < 4.78 is 1.04. The van der Waals surface area contributed by atoms with Crippen molar-refractivity contribution in [3.05, 3.63) is 22.3 Å². The van der Waals surface area contributed by atoms with Crippen LogP contribution in [-0.2, 0) is 4.79 Å². The van der Waals surface area contributed by atoms with Gasteiger partial charge in [0.25, 0.3) is 0 Å². The van der Waals surface area contributed by atoms with Gasteiger partial charge in [0, 0.05) is 38.3 Å². The molecule has 1 aliphatic carbocycles. The predicted octanol–water partition coefficient (Wildman–Crippen LogP) is 2.60. The smallest absolute Gasteiger partial charge is 0.225 e. The first-order valence-electron chi connectivity index (χ1n) is 7.31. The number of anilines is 1. The molecule has 1 aliphatic heterocycles. The van der Waals surface area contributed by atoms with Gasteiger partial charge in [-0.1, -0.05) is 0 Å². The van der Waals surface area contributed by atoms with Gasteiger partial charge in [-0.25, -0.2) is 4.98 Å². The average Bonchev–Trinajstić information content (AvgIpc) is 3.25. The third-order valence-corrected chi connectivity index (χ3v) is 4.58. The van der Waals surface area contributed by atoms with Crippen LogP contribution in [0.25, 0.3) is 0 Å². The van der Waals surface area contributed by atoms with Crippen molar-refractivity contribution in [2.45, 2.75) is 26.2 Å². The Labute approximate surface area is 128 Å². The molecule has 108 valence electrons. The molecule has 20 heavy (non-hydrogen) atoms. The van der Waals surface area contributed by atoms with Crippen molar-refractivity contribution in [2.75, 3.05) is 31.1 Å². The lowest BCUT2D eigenvalue weighted by molar-refractivity contribution is -0.132. The van der Waals surface area contributed by atoms with E-state index in [2.05, 4.69) is 31.9 Å². The Kier molecular flexibility index (Phi) is 3.96. The van der Waals surface area contributed by atoms with Crippen LogP contribution in [0.2, 0.25) is 0 Å². The number of hydrogen-bond acceptors (Lipinski definition) is 3. The molecule has 4 nitrogen and oxygen atoms in total. The number of carbonyl (C=O) groups is 1. The van der Waals surface area contributed by atoms with Crippen LogP contribution in [0, 0.1) is 12.8 Å². The number of rotatable bonds is 2. The number of carbonyl (C=O) groups excluding carboxylic acids is 1. The van der Waals surface area contributed by atoms with Gasteiger partial charge in [-0.15, -0.1) is 0 Å². The Morgan fingerprint density at radius 1 is 1.30 bits per heavy atom. The summed E-state index contributed by atoms with van der Waals surface area (Å²) in [5, 5.41) is 0. The lowest BCUT2D eigenvalue weighted by atomic mass is 10.3. The molecular weight excluding hydrogens is 318 g/mol. The van der Waals surface area contributed by atoms with Crippen molar-refractivity contribution in [1.29, 1.82) is 0 Å². The first-order valence-corrected chi connectivity index (χ1v) is 8.10. The van der Waals surface area contributed by atoms with E-state index in [4.69, 9.17) is 0 Å². The van der Waals surface area contributed by atoms with E-state index in [1.165, 1.54) is 0 Å². The number of hydrogen-bond donors (Lipinski definition) is 0. The van der Waals surface area contributed by atoms with Crippen LogP contribution >= 0.6 is 15.9 Å². The van der Waals surface area contributed by atoms with Gasteiger partial charge in [-0.05, 0) is 53.7 Å². The third-order valence-electron chi connectivity index (χ3n) is 3.99. The van der Waals surface area contributed by atoms with E-state index in [9.17, 15) is 4.79 Å². The van der Waals surface area contributed by atoms with Crippen LogP contribution < -0.4 is 4.90 Å². The number of pyridine rings is 1. The van der Waals surface area contributed by atoms with Crippen LogP contribution in [0.4, 0.5) is 5.82 Å². The number of aryl methyl sites for hydroxylation is 1. The van der Waals surface area contributed by atoms with E-state index >= 15 is 0 Å². The molecule has 0 atom stereocenters. The van der Waals surface area contributed by atoms with Gasteiger partial charge in [0.1, 0.15) is 5.82 Å². The summed E-state index contributed by atoms with van der Waals surface area (Å²) >= 11 is 3.60. The zero-order valence-electron chi connectivity index (χ0n) is 11.8. The van der Waals surface area contributed by atoms with Gasteiger partial charge in [-0.2, -0.15) is 0 Å². The minimum atomic E-state index is 0.325. The van der Waals surface area contributed by atoms with Crippen LogP contribution in [0.3, 0.4) is 0 Å². The number of halogens is 1. The van der Waals surface area contributed by atoms with Crippen molar-refractivity contribution in [2.24, 2.45) is 5.92 Å². The zero-order chi connectivity index (χ0) is 14.1. The quantitative estimate of drug-likeness (QED) is 0.832. The second-order valence-corrected chi connectivity index (χ2v) is 6.61. The molecule has 3 rings (SSSR count). The highest BCUT2D eigenvalue weighted by Crippen LogP contribution is 2.32. The fraction of sp³-hybridized carbons (Fsp3) is 0.600. The van der Waals surface area contributed by atoms with Gasteiger partial charge < -0.3 is 9.80 Å². The monoisotopic (exact) mass is 337 g/mol. The summed E-state index contributed by atoms with van der Waals surface area (Å²) in [5.41, 5.74) is 1.15. The van der Waals surface area contributed by atoms with Crippen molar-refractivity contribution in [3.63, 3.8) is 0 Å². The highest BCUT2D eigenvalue weighted by molar-refractivity contribution is 9.10. The molecule has 2 fully saturated rings. The fourth-order valence-corrected chi connectivity index (χ4v) is 3.41. The minimum Gasteiger partial charge on any atom is -0.354 e. The average molecular weight is 338 g/mol. The summed E-state index contributed by atoms with van der Waals surface area (Å²) in [6.45, 7) is 5.57. The Bertz CT molecular complexity index is 516. The van der Waals surface area contributed by atoms with Crippen LogP contribution in [0.1, 0.15) is 24.8 Å². The van der Waals surface area contributed by atoms with Gasteiger partial charge in [0.15, 0.2) is 0 Å². The van der Waals surface area contributed by atoms with E-state index in [0.29, 0.717) is 11.8 Å². The topological polar surface area (TPSA) is 36.4 Å². The van der Waals surface area contributed by atoms with Gasteiger partial charge in [0.2, 0.25) is 5.91 Å². The van der Waals surface area contributed by atoms with E-state index < -0.39 is 0 Å². The number of amides is 1. The molecule has 1 aromatic rings. The Balaban J connectivity index is 1.68. The molecule has 0 bridgehead atoms. The summed E-state index contributed by atoms with van der Waals surface area (Å²) in [7, 11) is 0. The molecule has 0 radical (unpaired) electrons. The highest BCUT2D eigenvalue weighted by atomic mass is 79.9. The van der Waals surface area contributed by atoms with E-state index in [1.807, 2.05) is 18.0 Å². The molecule has 1 amide bonds. The van der Waals surface area contributed by atoms with Gasteiger partial charge in [0.05, 0.1) is 4.47 Å². The van der Waals surface area contributed by atoms with E-state index in [0.717, 1.165) is 61.3 Å². The molecule has 2 heterocycles. The second kappa shape index (κ2) is 5.72. The predicted molar refractivity (Wildman–Crippen MR) is 82.8 cm³/mol. The fourth-order valence-electron chi connectivity index (χ4n) is 2.70. The maximum absolute atomic E-state index is 12.2. The Morgan fingerprint density at radius 3 is 2.80 bits per heavy atom. The van der Waals surface area contributed by atoms with Crippen LogP contribution in [-0.4, -0.2) is 42.0 Å². The molecule has 1 saturated heterocycles. The Morgan fingerprint density at radius 2 is 2.10 bits per heavy atom. The van der Waals surface area contributed by atoms with Crippen LogP contribution in [0.5, 0.6) is 0 Å². The molecule has 1 aromatic heterocycles. The summed E-state index contributed by atoms with van der Waals surface area (Å²) in [6.07, 6.45) is 5.09. The minimum absolute atomic E-state index is 0.325. The van der Waals surface area contributed by atoms with E-state index in [-0.39, 0.29) is 0 Å². The Hall–Kier alpha value is -1.10. The van der Waals surface area contributed by atoms with Crippen molar-refractivity contribution in [3.8, 4) is 0 Å². The molecular formula is C15H20BrN3O. The molecule has 1 saturated carbocycles. The highest BCUT2D eigenvalue weighted by Gasteiger charge is 2.34. The van der Waals surface area contributed by atoms with E-state index in [1.54, 1.807) is 0 Å². The molecule has 0 aromatic carbocycles. The molecule has 2 aliphatic rings. The lowest BCUT2D eigenvalue weighted by Gasteiger charge is -2.23. The normalized spacial score (nSPS) is 19.9. The lowest BCUT2D eigenvalue weighted by Crippen LogP contribution is -2.36. The molecule has 0 N–H and O–H groups in total. The van der Waals surface area contributed by atoms with Gasteiger partial charge in [-0.3, -0.25) is 4.79 Å². The van der Waals surface area contributed by atoms with Crippen molar-refractivity contribution in [1.82, 2.24) is 9.88 Å². The number of aromatic nitrogens is 1. The largest absolute Gasteiger partial charge is 0.354 e. The van der Waals surface area contributed by atoms with Crippen molar-refractivity contribution < 1.29 is 4.79 Å². The maximum Gasteiger partial charge on any atom is 0.225 e. The molecule has 0 unspecified atom stereocenters. The zero-order valence-corrected chi connectivity index (χ0v) is 13.4. The second-order valence-electron chi connectivity index (χ2n) is 5.76. The maximum atomic E-state index is 12.2. The molecule has 5 heteroatoms. The first-order chi connectivity index (χ1) is 9.65. The third kappa shape index (κ3) is 2.97. The standard InChI is InChI=1S/C15H20BrN3O/c1-11-9-13(16)14(17-10-11)18-5-2-6-19(8-7-18)15(20)12-3-4-12/h9-10,12H,2-8H2,1H3. The van der Waals surface area contributed by atoms with Gasteiger partial charge >= 0.3 is 0 Å². The first kappa shape index (κ1) is 13.9. The summed E-state index contributed by atoms with van der Waals surface area (Å²) in [6, 6.07) is 2.10. The summed E-state index contributed by atoms with van der Waals surface area (Å²) in [5.74, 6) is 1.69. The number of nitrogens with zero attached hydrogens (tertiary/aromatic N) is 3. The van der Waals surface area contributed by atoms with Crippen LogP contribution in [0.15, 0.2) is 16.7 Å². The SMILES string of the molecule is Cc1cnc(N2CCCN(C(=O)C3CC3)CC2)c(Br)c1. The summed E-state index contributed by atoms with van der Waals surface area (Å²) in [4.78, 5) is 21.0. The molecule has 0 spiro atoms. The van der Waals surface area contributed by atoms with Crippen molar-refractivity contribution >= 4 is 27.7 Å².